The lowest BCUT2D eigenvalue weighted by atomic mass is 10.3. The fraction of sp³-hybridized carbons (Fsp3) is 0.400. The van der Waals surface area contributed by atoms with E-state index in [0.717, 1.165) is 11.4 Å². The molecule has 2 aromatic heterocycles. The van der Waals surface area contributed by atoms with Crippen LogP contribution in [-0.4, -0.2) is 41.5 Å². The molecule has 0 fully saturated rings. The van der Waals surface area contributed by atoms with Crippen molar-refractivity contribution in [3.63, 3.8) is 0 Å². The minimum Gasteiger partial charge on any atom is -0.476 e. The zero-order valence-electron chi connectivity index (χ0n) is 10.6. The highest BCUT2D eigenvalue weighted by atomic mass is 16.6. The van der Waals surface area contributed by atoms with E-state index in [1.165, 1.54) is 7.11 Å². The smallest absolute Gasteiger partial charge is 0.300 e. The average Bonchev–Trinajstić information content (AvgIpc) is 2.78. The molecule has 0 aliphatic heterocycles. The van der Waals surface area contributed by atoms with Gasteiger partial charge in [0.15, 0.2) is 0 Å². The zero-order valence-corrected chi connectivity index (χ0v) is 10.6. The highest BCUT2D eigenvalue weighted by Gasteiger charge is 2.13. The Morgan fingerprint density at radius 2 is 2.11 bits per heavy atom. The third-order valence-corrected chi connectivity index (χ3v) is 2.25. The van der Waals surface area contributed by atoms with E-state index in [1.807, 2.05) is 25.9 Å². The Kier molecular flexibility index (Phi) is 3.26. The highest BCUT2D eigenvalue weighted by Crippen LogP contribution is 2.22. The van der Waals surface area contributed by atoms with E-state index < -0.39 is 0 Å². The largest absolute Gasteiger partial charge is 0.476 e. The third-order valence-electron chi connectivity index (χ3n) is 2.25. The second kappa shape index (κ2) is 4.86. The Morgan fingerprint density at radius 3 is 2.78 bits per heavy atom. The maximum absolute atomic E-state index is 4.96. The normalized spacial score (nSPS) is 10.2. The van der Waals surface area contributed by atoms with Crippen LogP contribution in [0.1, 0.15) is 5.56 Å². The maximum Gasteiger partial charge on any atom is 0.300 e. The first-order chi connectivity index (χ1) is 8.61. The summed E-state index contributed by atoms with van der Waals surface area (Å²) in [7, 11) is 5.31. The van der Waals surface area contributed by atoms with Crippen LogP contribution in [-0.2, 0) is 0 Å². The van der Waals surface area contributed by atoms with E-state index in [0.29, 0.717) is 11.8 Å². The van der Waals surface area contributed by atoms with Gasteiger partial charge in [-0.25, -0.2) is 9.61 Å². The molecule has 0 bridgehead atoms. The molecule has 1 N–H and O–H groups in total. The predicted octanol–water partition coefficient (Wildman–Crippen LogP) is 0.986. The quantitative estimate of drug-likeness (QED) is 0.859. The second-order valence-corrected chi connectivity index (χ2v) is 3.84. The summed E-state index contributed by atoms with van der Waals surface area (Å²) in [5.74, 6) is 1.82. The van der Waals surface area contributed by atoms with Gasteiger partial charge in [0.1, 0.15) is 5.82 Å². The second-order valence-electron chi connectivity index (χ2n) is 3.84. The maximum atomic E-state index is 4.96. The Labute approximate surface area is 104 Å². The molecule has 0 aromatic carbocycles. The standard InChI is InChI=1S/C10H14N6O2/c1-6-5-11-10(13-8(6)16(2)3)12-7-9(17-4)15-18-14-7/h5H,1-4H3,(H,11,12,13,14). The van der Waals surface area contributed by atoms with Gasteiger partial charge < -0.3 is 15.0 Å². The number of methoxy groups -OCH3 is 1. The van der Waals surface area contributed by atoms with Gasteiger partial charge in [0.05, 0.1) is 7.11 Å². The summed E-state index contributed by atoms with van der Waals surface area (Å²) >= 11 is 0. The lowest BCUT2D eigenvalue weighted by Gasteiger charge is -2.14. The van der Waals surface area contributed by atoms with Crippen molar-refractivity contribution in [2.75, 3.05) is 31.4 Å². The van der Waals surface area contributed by atoms with E-state index in [4.69, 9.17) is 4.74 Å². The third kappa shape index (κ3) is 2.31. The fourth-order valence-corrected chi connectivity index (χ4v) is 1.44. The Balaban J connectivity index is 2.27. The molecule has 0 amide bonds. The molecular formula is C10H14N6O2. The van der Waals surface area contributed by atoms with Gasteiger partial charge in [-0.1, -0.05) is 0 Å². The van der Waals surface area contributed by atoms with Gasteiger partial charge in [0.25, 0.3) is 0 Å². The molecule has 2 heterocycles. The van der Waals surface area contributed by atoms with Crippen LogP contribution in [0.15, 0.2) is 10.8 Å². The predicted molar refractivity (Wildman–Crippen MR) is 65.2 cm³/mol. The summed E-state index contributed by atoms with van der Waals surface area (Å²) in [5.41, 5.74) is 0.982. The number of hydrogen-bond acceptors (Lipinski definition) is 8. The fourth-order valence-electron chi connectivity index (χ4n) is 1.44. The zero-order chi connectivity index (χ0) is 13.1. The SMILES string of the molecule is COc1nonc1Nc1ncc(C)c(N(C)C)n1. The summed E-state index contributed by atoms with van der Waals surface area (Å²) in [6, 6.07) is 0. The molecule has 0 saturated carbocycles. The number of aryl methyl sites for hydroxylation is 1. The monoisotopic (exact) mass is 250 g/mol. The Morgan fingerprint density at radius 1 is 1.33 bits per heavy atom. The number of rotatable bonds is 4. The number of anilines is 3. The van der Waals surface area contributed by atoms with Crippen LogP contribution in [0.2, 0.25) is 0 Å². The summed E-state index contributed by atoms with van der Waals surface area (Å²) in [6.07, 6.45) is 1.73. The minimum absolute atomic E-state index is 0.255. The molecule has 8 heteroatoms. The average molecular weight is 250 g/mol. The number of nitrogens with one attached hydrogen (secondary N) is 1. The first-order valence-corrected chi connectivity index (χ1v) is 5.26. The molecule has 0 saturated heterocycles. The van der Waals surface area contributed by atoms with Gasteiger partial charge in [-0.2, -0.15) is 4.98 Å². The summed E-state index contributed by atoms with van der Waals surface area (Å²) in [4.78, 5) is 10.4. The number of nitrogens with zero attached hydrogens (tertiary/aromatic N) is 5. The van der Waals surface area contributed by atoms with Crippen molar-refractivity contribution < 1.29 is 9.37 Å². The van der Waals surface area contributed by atoms with E-state index >= 15 is 0 Å². The molecule has 0 unspecified atom stereocenters. The molecule has 8 nitrogen and oxygen atoms in total. The summed E-state index contributed by atoms with van der Waals surface area (Å²) in [5, 5.41) is 10.1. The van der Waals surface area contributed by atoms with Crippen molar-refractivity contribution in [2.24, 2.45) is 0 Å². The van der Waals surface area contributed by atoms with E-state index in [9.17, 15) is 0 Å². The molecule has 0 spiro atoms. The molecule has 0 aliphatic carbocycles. The van der Waals surface area contributed by atoms with Crippen LogP contribution in [0.4, 0.5) is 17.6 Å². The van der Waals surface area contributed by atoms with Crippen molar-refractivity contribution >= 4 is 17.6 Å². The van der Waals surface area contributed by atoms with Crippen molar-refractivity contribution in [1.82, 2.24) is 20.3 Å². The molecule has 96 valence electrons. The number of ether oxygens (including phenoxy) is 1. The first-order valence-electron chi connectivity index (χ1n) is 5.26. The van der Waals surface area contributed by atoms with E-state index in [2.05, 4.69) is 30.2 Å². The van der Waals surface area contributed by atoms with Crippen LogP contribution < -0.4 is 15.0 Å². The van der Waals surface area contributed by atoms with Crippen molar-refractivity contribution in [3.05, 3.63) is 11.8 Å². The lowest BCUT2D eigenvalue weighted by molar-refractivity contribution is 0.282. The van der Waals surface area contributed by atoms with Gasteiger partial charge in [-0.3, -0.25) is 0 Å². The van der Waals surface area contributed by atoms with Crippen LogP contribution in [0.25, 0.3) is 0 Å². The first kappa shape index (κ1) is 12.1. The number of hydrogen-bond donors (Lipinski definition) is 1. The molecular weight excluding hydrogens is 236 g/mol. The van der Waals surface area contributed by atoms with Crippen molar-refractivity contribution in [2.45, 2.75) is 6.92 Å². The minimum atomic E-state index is 0.255. The Bertz CT molecular complexity index is 539. The highest BCUT2D eigenvalue weighted by molar-refractivity contribution is 5.56. The van der Waals surface area contributed by atoms with Crippen LogP contribution in [0, 0.1) is 6.92 Å². The number of aromatic nitrogens is 4. The van der Waals surface area contributed by atoms with Crippen molar-refractivity contribution in [1.29, 1.82) is 0 Å². The molecule has 0 aliphatic rings. The topological polar surface area (TPSA) is 89.2 Å². The van der Waals surface area contributed by atoms with Gasteiger partial charge in [-0.05, 0) is 17.2 Å². The Hall–Kier alpha value is -2.38. The molecule has 2 aromatic rings. The summed E-state index contributed by atoms with van der Waals surface area (Å²) < 4.78 is 9.52. The van der Waals surface area contributed by atoms with Gasteiger partial charge in [0.2, 0.25) is 11.8 Å². The van der Waals surface area contributed by atoms with Crippen LogP contribution >= 0.6 is 0 Å². The van der Waals surface area contributed by atoms with Gasteiger partial charge >= 0.3 is 5.88 Å². The lowest BCUT2D eigenvalue weighted by Crippen LogP contribution is -2.13. The van der Waals surface area contributed by atoms with Crippen LogP contribution in [0.3, 0.4) is 0 Å². The molecule has 18 heavy (non-hydrogen) atoms. The van der Waals surface area contributed by atoms with E-state index in [-0.39, 0.29) is 5.88 Å². The molecule has 2 rings (SSSR count). The van der Waals surface area contributed by atoms with Crippen LogP contribution in [0.5, 0.6) is 5.88 Å². The van der Waals surface area contributed by atoms with Gasteiger partial charge in [-0.15, -0.1) is 0 Å². The van der Waals surface area contributed by atoms with Gasteiger partial charge in [0, 0.05) is 25.9 Å². The van der Waals surface area contributed by atoms with Crippen molar-refractivity contribution in [3.8, 4) is 5.88 Å². The van der Waals surface area contributed by atoms with E-state index in [1.54, 1.807) is 6.20 Å². The molecule has 0 radical (unpaired) electrons. The summed E-state index contributed by atoms with van der Waals surface area (Å²) in [6.45, 7) is 1.94. The molecule has 0 atom stereocenters.